The maximum Gasteiger partial charge on any atom is 0.323 e. The lowest BCUT2D eigenvalue weighted by Gasteiger charge is -2.13. The van der Waals surface area contributed by atoms with Crippen molar-refractivity contribution in [1.29, 1.82) is 0 Å². The van der Waals surface area contributed by atoms with Gasteiger partial charge in [0.2, 0.25) is 0 Å². The summed E-state index contributed by atoms with van der Waals surface area (Å²) in [6, 6.07) is 9.42. The molecule has 0 fully saturated rings. The minimum Gasteiger partial charge on any atom is -0.497 e. The van der Waals surface area contributed by atoms with Crippen LogP contribution in [-0.2, 0) is 0 Å². The Balaban J connectivity index is 2.14. The van der Waals surface area contributed by atoms with Crippen molar-refractivity contribution in [3.8, 4) is 11.5 Å². The van der Waals surface area contributed by atoms with Gasteiger partial charge in [-0.25, -0.2) is 4.79 Å². The highest BCUT2D eigenvalue weighted by atomic mass is 35.5. The molecular weight excluding hydrogens is 327 g/mol. The molecule has 7 heteroatoms. The van der Waals surface area contributed by atoms with Crippen molar-refractivity contribution in [2.75, 3.05) is 24.9 Å². The standard InChI is InChI=1S/C15H14Cl2N2O3/c1-21-10-4-6-14(22-2)13(8-10)19-15(20)18-12-5-3-9(16)7-11(12)17/h3-8H,1-2H3,(H2,18,19,20). The number of ether oxygens (including phenoxy) is 2. The van der Waals surface area contributed by atoms with Gasteiger partial charge in [0.1, 0.15) is 11.5 Å². The number of carbonyl (C=O) groups excluding carboxylic acids is 1. The maximum atomic E-state index is 12.1. The third kappa shape index (κ3) is 3.96. The summed E-state index contributed by atoms with van der Waals surface area (Å²) in [6.07, 6.45) is 0. The van der Waals surface area contributed by atoms with E-state index in [9.17, 15) is 4.79 Å². The molecule has 116 valence electrons. The van der Waals surface area contributed by atoms with Crippen LogP contribution in [0.25, 0.3) is 0 Å². The average Bonchev–Trinajstić information content (AvgIpc) is 2.50. The van der Waals surface area contributed by atoms with E-state index in [1.165, 1.54) is 7.11 Å². The van der Waals surface area contributed by atoms with E-state index in [1.807, 2.05) is 0 Å². The molecule has 0 unspecified atom stereocenters. The monoisotopic (exact) mass is 340 g/mol. The molecule has 0 aliphatic heterocycles. The number of hydrogen-bond donors (Lipinski definition) is 2. The Morgan fingerprint density at radius 3 is 2.32 bits per heavy atom. The second-order valence-corrected chi connectivity index (χ2v) is 5.11. The molecule has 2 aromatic rings. The minimum atomic E-state index is -0.462. The number of hydrogen-bond acceptors (Lipinski definition) is 3. The van der Waals surface area contributed by atoms with Gasteiger partial charge in [0.25, 0.3) is 0 Å². The van der Waals surface area contributed by atoms with Crippen molar-refractivity contribution in [3.05, 3.63) is 46.4 Å². The predicted octanol–water partition coefficient (Wildman–Crippen LogP) is 4.65. The smallest absolute Gasteiger partial charge is 0.323 e. The molecule has 0 radical (unpaired) electrons. The fourth-order valence-corrected chi connectivity index (χ4v) is 2.23. The number of benzene rings is 2. The van der Waals surface area contributed by atoms with Gasteiger partial charge in [0.05, 0.1) is 30.6 Å². The van der Waals surface area contributed by atoms with Gasteiger partial charge in [0.15, 0.2) is 0 Å². The summed E-state index contributed by atoms with van der Waals surface area (Å²) in [7, 11) is 3.06. The first-order chi connectivity index (χ1) is 10.5. The number of urea groups is 1. The van der Waals surface area contributed by atoms with Gasteiger partial charge < -0.3 is 20.1 Å². The zero-order chi connectivity index (χ0) is 16.1. The number of amides is 2. The Morgan fingerprint density at radius 1 is 0.955 bits per heavy atom. The molecule has 0 saturated heterocycles. The molecule has 5 nitrogen and oxygen atoms in total. The van der Waals surface area contributed by atoms with E-state index < -0.39 is 6.03 Å². The summed E-state index contributed by atoms with van der Waals surface area (Å²) >= 11 is 11.8. The van der Waals surface area contributed by atoms with E-state index in [1.54, 1.807) is 43.5 Å². The van der Waals surface area contributed by atoms with Gasteiger partial charge in [0, 0.05) is 11.1 Å². The van der Waals surface area contributed by atoms with E-state index in [0.717, 1.165) is 0 Å². The molecule has 22 heavy (non-hydrogen) atoms. The zero-order valence-electron chi connectivity index (χ0n) is 11.9. The summed E-state index contributed by atoms with van der Waals surface area (Å²) in [5.74, 6) is 1.11. The fraction of sp³-hybridized carbons (Fsp3) is 0.133. The van der Waals surface area contributed by atoms with Gasteiger partial charge in [-0.3, -0.25) is 0 Å². The predicted molar refractivity (Wildman–Crippen MR) is 88.6 cm³/mol. The van der Waals surface area contributed by atoms with Crippen molar-refractivity contribution in [3.63, 3.8) is 0 Å². The van der Waals surface area contributed by atoms with Gasteiger partial charge in [-0.15, -0.1) is 0 Å². The number of anilines is 2. The summed E-state index contributed by atoms with van der Waals surface area (Å²) in [4.78, 5) is 12.1. The number of halogens is 2. The van der Waals surface area contributed by atoms with Crippen molar-refractivity contribution in [2.45, 2.75) is 0 Å². The van der Waals surface area contributed by atoms with Crippen molar-refractivity contribution in [2.24, 2.45) is 0 Å². The molecule has 2 aromatic carbocycles. The summed E-state index contributed by atoms with van der Waals surface area (Å²) in [5, 5.41) is 6.16. The highest BCUT2D eigenvalue weighted by Gasteiger charge is 2.10. The van der Waals surface area contributed by atoms with Gasteiger partial charge in [-0.2, -0.15) is 0 Å². The number of rotatable bonds is 4. The molecule has 0 heterocycles. The Kier molecular flexibility index (Phi) is 5.35. The van der Waals surface area contributed by atoms with Crippen LogP contribution in [0.3, 0.4) is 0 Å². The molecule has 2 amide bonds. The van der Waals surface area contributed by atoms with E-state index in [2.05, 4.69) is 10.6 Å². The number of carbonyl (C=O) groups is 1. The van der Waals surface area contributed by atoms with Crippen LogP contribution in [-0.4, -0.2) is 20.3 Å². The highest BCUT2D eigenvalue weighted by molar-refractivity contribution is 6.36. The second-order valence-electron chi connectivity index (χ2n) is 4.27. The first-order valence-electron chi connectivity index (χ1n) is 6.28. The maximum absolute atomic E-state index is 12.1. The molecule has 0 aliphatic rings. The number of methoxy groups -OCH3 is 2. The molecule has 0 bridgehead atoms. The first kappa shape index (κ1) is 16.3. The molecule has 0 saturated carbocycles. The minimum absolute atomic E-state index is 0.347. The van der Waals surface area contributed by atoms with E-state index in [0.29, 0.717) is 32.9 Å². The third-order valence-corrected chi connectivity index (χ3v) is 3.38. The van der Waals surface area contributed by atoms with Crippen LogP contribution in [0.4, 0.5) is 16.2 Å². The van der Waals surface area contributed by atoms with E-state index in [4.69, 9.17) is 32.7 Å². The SMILES string of the molecule is COc1ccc(OC)c(NC(=O)Nc2ccc(Cl)cc2Cl)c1. The van der Waals surface area contributed by atoms with E-state index >= 15 is 0 Å². The Morgan fingerprint density at radius 2 is 1.68 bits per heavy atom. The summed E-state index contributed by atoms with van der Waals surface area (Å²) in [5.41, 5.74) is 0.926. The Labute approximate surface area is 138 Å². The fourth-order valence-electron chi connectivity index (χ4n) is 1.78. The summed E-state index contributed by atoms with van der Waals surface area (Å²) < 4.78 is 10.3. The van der Waals surface area contributed by atoms with Crippen LogP contribution in [0.15, 0.2) is 36.4 Å². The Bertz CT molecular complexity index is 692. The average molecular weight is 341 g/mol. The van der Waals surface area contributed by atoms with Crippen LogP contribution in [0.5, 0.6) is 11.5 Å². The topological polar surface area (TPSA) is 59.6 Å². The van der Waals surface area contributed by atoms with Crippen molar-refractivity contribution in [1.82, 2.24) is 0 Å². The Hall–Kier alpha value is -2.11. The normalized spacial score (nSPS) is 10.0. The molecule has 0 aromatic heterocycles. The van der Waals surface area contributed by atoms with Crippen LogP contribution in [0, 0.1) is 0 Å². The molecule has 2 N–H and O–H groups in total. The summed E-state index contributed by atoms with van der Waals surface area (Å²) in [6.45, 7) is 0. The van der Waals surface area contributed by atoms with Crippen LogP contribution < -0.4 is 20.1 Å². The molecule has 0 spiro atoms. The first-order valence-corrected chi connectivity index (χ1v) is 7.04. The largest absolute Gasteiger partial charge is 0.497 e. The highest BCUT2D eigenvalue weighted by Crippen LogP contribution is 2.30. The van der Waals surface area contributed by atoms with Crippen molar-refractivity contribution >= 4 is 40.6 Å². The second kappa shape index (κ2) is 7.24. The lowest BCUT2D eigenvalue weighted by Crippen LogP contribution is -2.20. The third-order valence-electron chi connectivity index (χ3n) is 2.83. The number of nitrogens with one attached hydrogen (secondary N) is 2. The van der Waals surface area contributed by atoms with E-state index in [-0.39, 0.29) is 0 Å². The molecule has 2 rings (SSSR count). The molecule has 0 aliphatic carbocycles. The van der Waals surface area contributed by atoms with Crippen molar-refractivity contribution < 1.29 is 14.3 Å². The lowest BCUT2D eigenvalue weighted by atomic mass is 10.2. The molecular formula is C15H14Cl2N2O3. The zero-order valence-corrected chi connectivity index (χ0v) is 13.5. The lowest BCUT2D eigenvalue weighted by molar-refractivity contribution is 0.262. The van der Waals surface area contributed by atoms with Gasteiger partial charge in [-0.1, -0.05) is 23.2 Å². The van der Waals surface area contributed by atoms with Crippen LogP contribution in [0.2, 0.25) is 10.0 Å². The van der Waals surface area contributed by atoms with Crippen LogP contribution in [0.1, 0.15) is 0 Å². The van der Waals surface area contributed by atoms with Gasteiger partial charge >= 0.3 is 6.03 Å². The molecule has 0 atom stereocenters. The van der Waals surface area contributed by atoms with Crippen LogP contribution >= 0.6 is 23.2 Å². The van der Waals surface area contributed by atoms with Gasteiger partial charge in [-0.05, 0) is 30.3 Å². The quantitative estimate of drug-likeness (QED) is 0.851.